The van der Waals surface area contributed by atoms with Crippen LogP contribution in [0.2, 0.25) is 36.3 Å². The fourth-order valence-corrected chi connectivity index (χ4v) is 11.4. The largest absolute Gasteiger partial charge is 0.459 e. The van der Waals surface area contributed by atoms with Crippen LogP contribution in [0.4, 0.5) is 0 Å². The predicted octanol–water partition coefficient (Wildman–Crippen LogP) is 8.95. The minimum Gasteiger partial charge on any atom is -0.459 e. The molecule has 0 aliphatic rings. The number of carbonyl (C=O) groups excluding carboxylic acids is 1. The molecular weight excluding hydrogens is 571 g/mol. The Hall–Kier alpha value is -0.226. The van der Waals surface area contributed by atoms with Crippen LogP contribution >= 0.6 is 22.6 Å². The summed E-state index contributed by atoms with van der Waals surface area (Å²) in [5.74, 6) is -0.292. The molecule has 0 amide bonds. The van der Waals surface area contributed by atoms with Crippen molar-refractivity contribution in [3.8, 4) is 0 Å². The van der Waals surface area contributed by atoms with Crippen LogP contribution in [0.3, 0.4) is 0 Å². The molecule has 0 aromatic carbocycles. The van der Waals surface area contributed by atoms with Gasteiger partial charge in [-0.05, 0) is 66.2 Å². The molecule has 198 valence electrons. The van der Waals surface area contributed by atoms with Crippen LogP contribution < -0.4 is 0 Å². The average molecular weight is 623 g/mol. The Morgan fingerprint density at radius 1 is 0.971 bits per heavy atom. The second-order valence-corrected chi connectivity index (χ2v) is 19.7. The van der Waals surface area contributed by atoms with Gasteiger partial charge in [-0.3, -0.25) is 4.79 Å². The van der Waals surface area contributed by atoms with Crippen LogP contribution in [0, 0.1) is 0 Å². The summed E-state index contributed by atoms with van der Waals surface area (Å²) >= 11 is 2.22. The van der Waals surface area contributed by atoms with Crippen molar-refractivity contribution in [3.05, 3.63) is 35.0 Å². The van der Waals surface area contributed by atoms with Crippen molar-refractivity contribution < 1.29 is 18.4 Å². The van der Waals surface area contributed by atoms with Crippen LogP contribution in [0.25, 0.3) is 0 Å². The lowest BCUT2D eigenvalue weighted by molar-refractivity contribution is -0.155. The first-order valence-electron chi connectivity index (χ1n) is 13.1. The quantitative estimate of drug-likeness (QED) is 0.0625. The number of carbonyl (C=O) groups is 1. The topological polar surface area (TPSA) is 44.8 Å². The van der Waals surface area contributed by atoms with Gasteiger partial charge in [0.1, 0.15) is 11.7 Å². The summed E-state index contributed by atoms with van der Waals surface area (Å²) in [6, 6.07) is 6.43. The molecule has 0 aromatic rings. The van der Waals surface area contributed by atoms with Gasteiger partial charge in [-0.1, -0.05) is 82.4 Å². The van der Waals surface area contributed by atoms with Crippen LogP contribution in [-0.4, -0.2) is 40.4 Å². The SMILES string of the molecule is C=CC[C@@H](CC(=C)CC(OC(C)=O)[C@@](C)(/C=C/I)O[Si](CC)(CC)CC)O[Si](CC)(CC)CC. The number of rotatable bonds is 19. The first-order valence-corrected chi connectivity index (χ1v) is 19.4. The molecule has 0 N–H and O–H groups in total. The third-order valence-corrected chi connectivity index (χ3v) is 17.3. The molecule has 0 aromatic heterocycles. The van der Waals surface area contributed by atoms with E-state index in [4.69, 9.17) is 13.6 Å². The first kappa shape index (κ1) is 33.8. The summed E-state index contributed by atoms with van der Waals surface area (Å²) in [5.41, 5.74) is 0.325. The maximum Gasteiger partial charge on any atom is 0.303 e. The first-order chi connectivity index (χ1) is 16.0. The molecule has 3 atom stereocenters. The second kappa shape index (κ2) is 16.5. The predicted molar refractivity (Wildman–Crippen MR) is 161 cm³/mol. The molecule has 0 aliphatic heterocycles. The van der Waals surface area contributed by atoms with Crippen LogP contribution in [0.5, 0.6) is 0 Å². The highest BCUT2D eigenvalue weighted by atomic mass is 127. The van der Waals surface area contributed by atoms with Gasteiger partial charge in [0.2, 0.25) is 0 Å². The van der Waals surface area contributed by atoms with Gasteiger partial charge in [0.25, 0.3) is 0 Å². The minimum atomic E-state index is -1.95. The van der Waals surface area contributed by atoms with Gasteiger partial charge < -0.3 is 13.6 Å². The van der Waals surface area contributed by atoms with E-state index in [1.807, 2.05) is 10.2 Å². The monoisotopic (exact) mass is 622 g/mol. The molecular formula is C27H51IO4Si2. The van der Waals surface area contributed by atoms with Crippen molar-refractivity contribution in [2.75, 3.05) is 0 Å². The Bertz CT molecular complexity index is 642. The summed E-state index contributed by atoms with van der Waals surface area (Å²) in [6.45, 7) is 25.3. The lowest BCUT2D eigenvalue weighted by atomic mass is 9.91. The standard InChI is InChI=1S/C27H51IO4Si2/c1-11-18-25(31-33(12-2,13-3)14-4)21-23(8)22-26(30-24(9)29)27(10,19-20-28)32-34(15-5,16-6)17-7/h11,19-20,25-26H,1,8,12-18,21-22H2,2-7,9-10H3/b20-19+/t25-,26?,27+/m0/s1. The molecule has 0 aliphatic carbocycles. The zero-order valence-corrected chi connectivity index (χ0v) is 27.3. The van der Waals surface area contributed by atoms with Crippen molar-refractivity contribution in [2.24, 2.45) is 0 Å². The number of hydrogen-bond donors (Lipinski definition) is 0. The smallest absolute Gasteiger partial charge is 0.303 e. The Balaban J connectivity index is 5.91. The molecule has 0 bridgehead atoms. The number of halogens is 1. The van der Waals surface area contributed by atoms with Gasteiger partial charge in [0, 0.05) is 13.3 Å². The average Bonchev–Trinajstić information content (AvgIpc) is 2.80. The molecule has 0 saturated heterocycles. The van der Waals surface area contributed by atoms with Crippen LogP contribution in [0.1, 0.15) is 74.7 Å². The fourth-order valence-electron chi connectivity index (χ4n) is 4.71. The zero-order chi connectivity index (χ0) is 26.4. The fraction of sp³-hybridized carbons (Fsp3) is 0.741. The Morgan fingerprint density at radius 3 is 1.85 bits per heavy atom. The van der Waals surface area contributed by atoms with E-state index in [0.29, 0.717) is 6.42 Å². The van der Waals surface area contributed by atoms with E-state index in [9.17, 15) is 4.79 Å². The van der Waals surface area contributed by atoms with E-state index in [2.05, 4.69) is 90.3 Å². The normalized spacial score (nSPS) is 16.1. The van der Waals surface area contributed by atoms with Crippen molar-refractivity contribution in [3.63, 3.8) is 0 Å². The van der Waals surface area contributed by atoms with Crippen LogP contribution in [0.15, 0.2) is 35.0 Å². The third-order valence-electron chi connectivity index (χ3n) is 7.48. The van der Waals surface area contributed by atoms with Crippen molar-refractivity contribution in [1.29, 1.82) is 0 Å². The zero-order valence-electron chi connectivity index (χ0n) is 23.2. The lowest BCUT2D eigenvalue weighted by Gasteiger charge is -2.43. The van der Waals surface area contributed by atoms with Gasteiger partial charge >= 0.3 is 5.97 Å². The maximum absolute atomic E-state index is 12.1. The Morgan fingerprint density at radius 2 is 1.47 bits per heavy atom. The Kier molecular flexibility index (Phi) is 16.4. The molecule has 7 heteroatoms. The highest BCUT2D eigenvalue weighted by Gasteiger charge is 2.43. The summed E-state index contributed by atoms with van der Waals surface area (Å²) in [6.07, 6.45) is 5.71. The van der Waals surface area contributed by atoms with E-state index in [1.165, 1.54) is 6.92 Å². The van der Waals surface area contributed by atoms with Gasteiger partial charge in [-0.2, -0.15) is 0 Å². The molecule has 34 heavy (non-hydrogen) atoms. The van der Waals surface area contributed by atoms with Crippen LogP contribution in [-0.2, 0) is 18.4 Å². The lowest BCUT2D eigenvalue weighted by Crippen LogP contribution is -2.52. The Labute approximate surface area is 226 Å². The molecule has 0 heterocycles. The van der Waals surface area contributed by atoms with E-state index in [1.54, 1.807) is 0 Å². The summed E-state index contributed by atoms with van der Waals surface area (Å²) in [4.78, 5) is 12.1. The highest BCUT2D eigenvalue weighted by molar-refractivity contribution is 14.1. The number of hydrogen-bond acceptors (Lipinski definition) is 4. The molecule has 1 unspecified atom stereocenters. The molecule has 4 nitrogen and oxygen atoms in total. The molecule has 0 radical (unpaired) electrons. The number of esters is 1. The summed E-state index contributed by atoms with van der Waals surface area (Å²) < 4.78 is 21.6. The number of ether oxygens (including phenoxy) is 1. The van der Waals surface area contributed by atoms with Crippen molar-refractivity contribution in [1.82, 2.24) is 0 Å². The highest BCUT2D eigenvalue weighted by Crippen LogP contribution is 2.36. The molecule has 0 saturated carbocycles. The third kappa shape index (κ3) is 10.4. The molecule has 0 fully saturated rings. The van der Waals surface area contributed by atoms with Gasteiger partial charge in [-0.25, -0.2) is 0 Å². The summed E-state index contributed by atoms with van der Waals surface area (Å²) in [7, 11) is -3.71. The van der Waals surface area contributed by atoms with Gasteiger partial charge in [0.15, 0.2) is 16.6 Å². The van der Waals surface area contributed by atoms with E-state index in [-0.39, 0.29) is 12.1 Å². The van der Waals surface area contributed by atoms with Crippen molar-refractivity contribution in [2.45, 2.75) is 129 Å². The minimum absolute atomic E-state index is 0.0668. The molecule has 0 rings (SSSR count). The van der Waals surface area contributed by atoms with Crippen molar-refractivity contribution >= 4 is 45.2 Å². The maximum atomic E-state index is 12.1. The second-order valence-electron chi connectivity index (χ2n) is 9.59. The van der Waals surface area contributed by atoms with E-state index >= 15 is 0 Å². The summed E-state index contributed by atoms with van der Waals surface area (Å²) in [5, 5.41) is 0. The molecule has 0 spiro atoms. The van der Waals surface area contributed by atoms with Gasteiger partial charge in [-0.15, -0.1) is 6.58 Å². The van der Waals surface area contributed by atoms with E-state index < -0.39 is 28.3 Å². The van der Waals surface area contributed by atoms with E-state index in [0.717, 1.165) is 54.7 Å². The van der Waals surface area contributed by atoms with Gasteiger partial charge in [0.05, 0.1) is 6.10 Å².